The Morgan fingerprint density at radius 2 is 1.69 bits per heavy atom. The van der Waals surface area contributed by atoms with E-state index in [1.165, 1.54) is 0 Å². The first kappa shape index (κ1) is 27.6. The maximum absolute atomic E-state index is 14.5. The number of carbonyl (C=O) groups excluding carboxylic acids is 3. The van der Waals surface area contributed by atoms with Gasteiger partial charge in [0.05, 0.1) is 30.6 Å². The predicted molar refractivity (Wildman–Crippen MR) is 147 cm³/mol. The van der Waals surface area contributed by atoms with Gasteiger partial charge in [0, 0.05) is 26.2 Å². The van der Waals surface area contributed by atoms with Gasteiger partial charge in [-0.05, 0) is 24.8 Å². The molecule has 4 aliphatic rings. The Morgan fingerprint density at radius 3 is 2.41 bits per heavy atom. The monoisotopic (exact) mass is 535 g/mol. The number of unbranched alkanes of at least 4 members (excludes halogenated alkanes) is 2. The molecule has 1 unspecified atom stereocenters. The van der Waals surface area contributed by atoms with Gasteiger partial charge < -0.3 is 24.5 Å². The standard InChI is InChI=1S/C31H41N3O5/c1-3-5-9-17-33-19-11-15-31-26(25-24(39-31)14-10-18-32(16-4-2)28(25)36)29(37)34(27(31)30(33)38)23(21-35)20-22-12-7-6-8-13-22/h6-8,10-15,23-27,35H,3-5,9,16-21H2,1-2H3/t23-,24-,25+,26+,27?,31+/m1/s1. The minimum absolute atomic E-state index is 0.101. The summed E-state index contributed by atoms with van der Waals surface area (Å²) >= 11 is 0. The summed E-state index contributed by atoms with van der Waals surface area (Å²) in [7, 11) is 0. The minimum atomic E-state index is -1.26. The van der Waals surface area contributed by atoms with Crippen molar-refractivity contribution in [2.45, 2.75) is 69.7 Å². The smallest absolute Gasteiger partial charge is 0.249 e. The molecule has 5 rings (SSSR count). The molecule has 2 fully saturated rings. The van der Waals surface area contributed by atoms with E-state index in [-0.39, 0.29) is 24.3 Å². The number of aliphatic hydroxyl groups excluding tert-OH is 1. The number of fused-ring (bicyclic) bond motifs is 2. The fourth-order valence-corrected chi connectivity index (χ4v) is 6.93. The Hall–Kier alpha value is -2.97. The Labute approximate surface area is 231 Å². The Bertz CT molecular complexity index is 1120. The van der Waals surface area contributed by atoms with E-state index >= 15 is 0 Å². The van der Waals surface area contributed by atoms with Crippen molar-refractivity contribution in [3.05, 3.63) is 60.2 Å². The van der Waals surface area contributed by atoms with Crippen molar-refractivity contribution in [3.63, 3.8) is 0 Å². The molecule has 1 spiro atoms. The van der Waals surface area contributed by atoms with Crippen LogP contribution in [0.5, 0.6) is 0 Å². The van der Waals surface area contributed by atoms with Crippen LogP contribution in [-0.4, -0.2) is 94.1 Å². The van der Waals surface area contributed by atoms with Crippen LogP contribution in [0.4, 0.5) is 0 Å². The highest BCUT2D eigenvalue weighted by Gasteiger charge is 2.72. The van der Waals surface area contributed by atoms with E-state index in [1.807, 2.05) is 66.5 Å². The molecule has 0 radical (unpaired) electrons. The van der Waals surface area contributed by atoms with E-state index in [9.17, 15) is 19.5 Å². The molecule has 8 nitrogen and oxygen atoms in total. The van der Waals surface area contributed by atoms with Crippen LogP contribution in [0.3, 0.4) is 0 Å². The van der Waals surface area contributed by atoms with Gasteiger partial charge in [-0.15, -0.1) is 0 Å². The molecular formula is C31H41N3O5. The molecule has 210 valence electrons. The first-order valence-corrected chi connectivity index (χ1v) is 14.5. The van der Waals surface area contributed by atoms with Gasteiger partial charge in [-0.2, -0.15) is 0 Å². The molecule has 2 saturated heterocycles. The van der Waals surface area contributed by atoms with Crippen molar-refractivity contribution in [3.8, 4) is 0 Å². The van der Waals surface area contributed by atoms with Crippen LogP contribution in [0.15, 0.2) is 54.6 Å². The number of likely N-dealkylation sites (tertiary alicyclic amines) is 1. The molecule has 1 aromatic carbocycles. The highest BCUT2D eigenvalue weighted by molar-refractivity contribution is 6.00. The molecule has 1 aromatic rings. The SMILES string of the molecule is CCCCCN1CC=C[C@]23O[C@@H]4C=CCN(CCC)C(=O)[C@@H]4[C@H]2C(=O)N([C@@H](CO)Cc2ccccc2)C3C1=O. The summed E-state index contributed by atoms with van der Waals surface area (Å²) in [6.07, 6.45) is 11.2. The molecule has 4 heterocycles. The van der Waals surface area contributed by atoms with Crippen LogP contribution in [0.1, 0.15) is 45.1 Å². The number of hydrogen-bond donors (Lipinski definition) is 1. The van der Waals surface area contributed by atoms with Crippen LogP contribution in [-0.2, 0) is 25.5 Å². The molecule has 0 aromatic heterocycles. The van der Waals surface area contributed by atoms with Crippen LogP contribution in [0.2, 0.25) is 0 Å². The summed E-state index contributed by atoms with van der Waals surface area (Å²) in [5.41, 5.74) is -0.296. The van der Waals surface area contributed by atoms with E-state index < -0.39 is 35.6 Å². The third kappa shape index (κ3) is 4.82. The summed E-state index contributed by atoms with van der Waals surface area (Å²) in [6, 6.07) is 8.13. The second-order valence-electron chi connectivity index (χ2n) is 11.2. The number of amides is 3. The molecule has 4 aliphatic heterocycles. The van der Waals surface area contributed by atoms with E-state index in [0.717, 1.165) is 31.2 Å². The normalized spacial score (nSPS) is 30.7. The number of hydrogen-bond acceptors (Lipinski definition) is 5. The number of nitrogens with zero attached hydrogens (tertiary/aromatic N) is 3. The minimum Gasteiger partial charge on any atom is -0.394 e. The molecular weight excluding hydrogens is 494 g/mol. The van der Waals surface area contributed by atoms with Crippen molar-refractivity contribution in [1.29, 1.82) is 0 Å². The summed E-state index contributed by atoms with van der Waals surface area (Å²) in [4.78, 5) is 47.9. The Balaban J connectivity index is 1.57. The lowest BCUT2D eigenvalue weighted by Crippen LogP contribution is -2.58. The number of benzene rings is 1. The summed E-state index contributed by atoms with van der Waals surface area (Å²) in [5.74, 6) is -2.10. The van der Waals surface area contributed by atoms with Crippen molar-refractivity contribution in [1.82, 2.24) is 14.7 Å². The third-order valence-corrected chi connectivity index (χ3v) is 8.71. The van der Waals surface area contributed by atoms with Crippen molar-refractivity contribution < 1.29 is 24.2 Å². The molecule has 39 heavy (non-hydrogen) atoms. The molecule has 8 heteroatoms. The van der Waals surface area contributed by atoms with Crippen molar-refractivity contribution in [2.75, 3.05) is 32.8 Å². The molecule has 0 aliphatic carbocycles. The second-order valence-corrected chi connectivity index (χ2v) is 11.2. The van der Waals surface area contributed by atoms with Gasteiger partial charge in [-0.25, -0.2) is 0 Å². The molecule has 1 N–H and O–H groups in total. The second kappa shape index (κ2) is 11.6. The number of rotatable bonds is 10. The molecule has 0 bridgehead atoms. The van der Waals surface area contributed by atoms with Crippen LogP contribution in [0.25, 0.3) is 0 Å². The third-order valence-electron chi connectivity index (χ3n) is 8.71. The topological polar surface area (TPSA) is 90.4 Å². The largest absolute Gasteiger partial charge is 0.394 e. The average molecular weight is 536 g/mol. The molecule has 3 amide bonds. The fraction of sp³-hybridized carbons (Fsp3) is 0.581. The van der Waals surface area contributed by atoms with Gasteiger partial charge in [0.2, 0.25) is 17.7 Å². The highest BCUT2D eigenvalue weighted by atomic mass is 16.5. The average Bonchev–Trinajstić information content (AvgIpc) is 3.27. The Kier molecular flexibility index (Phi) is 8.24. The maximum atomic E-state index is 14.5. The van der Waals surface area contributed by atoms with Gasteiger partial charge in [0.1, 0.15) is 11.6 Å². The zero-order valence-electron chi connectivity index (χ0n) is 23.1. The maximum Gasteiger partial charge on any atom is 0.249 e. The van der Waals surface area contributed by atoms with Crippen molar-refractivity contribution >= 4 is 17.7 Å². The number of ether oxygens (including phenoxy) is 1. The van der Waals surface area contributed by atoms with E-state index in [2.05, 4.69) is 6.92 Å². The first-order chi connectivity index (χ1) is 19.0. The first-order valence-electron chi connectivity index (χ1n) is 14.5. The van der Waals surface area contributed by atoms with Crippen LogP contribution in [0, 0.1) is 11.8 Å². The van der Waals surface area contributed by atoms with E-state index in [1.54, 1.807) is 9.80 Å². The van der Waals surface area contributed by atoms with Gasteiger partial charge in [0.15, 0.2) is 0 Å². The Morgan fingerprint density at radius 1 is 0.949 bits per heavy atom. The zero-order chi connectivity index (χ0) is 27.6. The van der Waals surface area contributed by atoms with E-state index in [0.29, 0.717) is 32.6 Å². The lowest BCUT2D eigenvalue weighted by atomic mass is 9.77. The van der Waals surface area contributed by atoms with E-state index in [4.69, 9.17) is 4.74 Å². The predicted octanol–water partition coefficient (Wildman–Crippen LogP) is 2.57. The molecule has 0 saturated carbocycles. The fourth-order valence-electron chi connectivity index (χ4n) is 6.93. The zero-order valence-corrected chi connectivity index (χ0v) is 23.1. The van der Waals surface area contributed by atoms with Gasteiger partial charge in [-0.1, -0.05) is 81.3 Å². The van der Waals surface area contributed by atoms with Crippen molar-refractivity contribution in [2.24, 2.45) is 11.8 Å². The number of carbonyl (C=O) groups is 3. The quantitative estimate of drug-likeness (QED) is 0.368. The van der Waals surface area contributed by atoms with Gasteiger partial charge >= 0.3 is 0 Å². The van der Waals surface area contributed by atoms with Gasteiger partial charge in [-0.3, -0.25) is 14.4 Å². The van der Waals surface area contributed by atoms with Gasteiger partial charge in [0.25, 0.3) is 0 Å². The molecule has 6 atom stereocenters. The summed E-state index contributed by atoms with van der Waals surface area (Å²) < 4.78 is 6.71. The summed E-state index contributed by atoms with van der Waals surface area (Å²) in [5, 5.41) is 10.6. The highest BCUT2D eigenvalue weighted by Crippen LogP contribution is 2.54. The lowest BCUT2D eigenvalue weighted by Gasteiger charge is -2.38. The lowest BCUT2D eigenvalue weighted by molar-refractivity contribution is -0.151. The van der Waals surface area contributed by atoms with Crippen LogP contribution >= 0.6 is 0 Å². The van der Waals surface area contributed by atoms with Crippen LogP contribution < -0.4 is 0 Å². The summed E-state index contributed by atoms with van der Waals surface area (Å²) in [6.45, 7) is 5.96. The number of aliphatic hydroxyl groups is 1.